The smallest absolute Gasteiger partial charge is 0.333 e. The van der Waals surface area contributed by atoms with Crippen LogP contribution in [-0.2, 0) is 14.3 Å². The minimum absolute atomic E-state index is 0.0731. The minimum atomic E-state index is -0.271. The van der Waals surface area contributed by atoms with Gasteiger partial charge in [-0.25, -0.2) is 4.79 Å². The van der Waals surface area contributed by atoms with Crippen molar-refractivity contribution in [3.05, 3.63) is 12.2 Å². The topological polar surface area (TPSA) is 35.5 Å². The lowest BCUT2D eigenvalue weighted by Crippen LogP contribution is -2.46. The van der Waals surface area contributed by atoms with Crippen LogP contribution in [0.25, 0.3) is 0 Å². The van der Waals surface area contributed by atoms with Gasteiger partial charge in [0.15, 0.2) is 0 Å². The van der Waals surface area contributed by atoms with Crippen LogP contribution in [0.1, 0.15) is 26.7 Å². The number of ether oxygens (including phenoxy) is 2. The van der Waals surface area contributed by atoms with Gasteiger partial charge in [0.25, 0.3) is 0 Å². The highest BCUT2D eigenvalue weighted by atomic mass is 16.5. The lowest BCUT2D eigenvalue weighted by atomic mass is 9.84. The first-order valence-corrected chi connectivity index (χ1v) is 5.06. The van der Waals surface area contributed by atoms with Crippen LogP contribution in [0.15, 0.2) is 12.2 Å². The molecule has 0 atom stereocenters. The third-order valence-corrected chi connectivity index (χ3v) is 2.79. The van der Waals surface area contributed by atoms with Gasteiger partial charge in [0.05, 0.1) is 18.6 Å². The fourth-order valence-electron chi connectivity index (χ4n) is 1.25. The number of carbonyl (C=O) groups excluding carboxylic acids is 1. The van der Waals surface area contributed by atoms with Crippen LogP contribution >= 0.6 is 0 Å². The Labute approximate surface area is 85.1 Å². The number of esters is 1. The van der Waals surface area contributed by atoms with Crippen molar-refractivity contribution < 1.29 is 14.3 Å². The molecule has 0 aliphatic carbocycles. The summed E-state index contributed by atoms with van der Waals surface area (Å²) in [6.07, 6.45) is 1.63. The van der Waals surface area contributed by atoms with Crippen molar-refractivity contribution in [3.8, 4) is 0 Å². The molecule has 1 saturated heterocycles. The number of carbonyl (C=O) groups is 1. The van der Waals surface area contributed by atoms with E-state index in [1.807, 2.05) is 6.92 Å². The molecule has 0 radical (unpaired) electrons. The molecular weight excluding hydrogens is 180 g/mol. The third-order valence-electron chi connectivity index (χ3n) is 2.79. The lowest BCUT2D eigenvalue weighted by molar-refractivity contribution is -0.167. The zero-order valence-electron chi connectivity index (χ0n) is 8.97. The number of hydrogen-bond donors (Lipinski definition) is 0. The first-order chi connectivity index (χ1) is 6.63. The third kappa shape index (κ3) is 2.35. The second kappa shape index (κ2) is 4.60. The molecule has 3 nitrogen and oxygen atoms in total. The van der Waals surface area contributed by atoms with E-state index >= 15 is 0 Å². The molecule has 1 fully saturated rings. The SMILES string of the molecule is C=C(CC)C(=O)OCC1(CC)COC1. The van der Waals surface area contributed by atoms with Crippen molar-refractivity contribution in [1.82, 2.24) is 0 Å². The van der Waals surface area contributed by atoms with E-state index in [2.05, 4.69) is 13.5 Å². The van der Waals surface area contributed by atoms with Gasteiger partial charge in [0.2, 0.25) is 0 Å². The van der Waals surface area contributed by atoms with Crippen molar-refractivity contribution in [2.75, 3.05) is 19.8 Å². The molecule has 0 saturated carbocycles. The predicted molar refractivity (Wildman–Crippen MR) is 53.9 cm³/mol. The number of hydrogen-bond acceptors (Lipinski definition) is 3. The molecule has 0 aromatic heterocycles. The summed E-state index contributed by atoms with van der Waals surface area (Å²) >= 11 is 0. The first-order valence-electron chi connectivity index (χ1n) is 5.06. The van der Waals surface area contributed by atoms with E-state index in [4.69, 9.17) is 9.47 Å². The summed E-state index contributed by atoms with van der Waals surface area (Å²) in [5.74, 6) is -0.271. The van der Waals surface area contributed by atoms with Crippen LogP contribution < -0.4 is 0 Å². The Hall–Kier alpha value is -0.830. The molecule has 1 aliphatic heterocycles. The molecular formula is C11H18O3. The molecule has 1 rings (SSSR count). The summed E-state index contributed by atoms with van der Waals surface area (Å²) in [7, 11) is 0. The summed E-state index contributed by atoms with van der Waals surface area (Å²) in [6.45, 7) is 9.49. The molecule has 0 unspecified atom stereocenters. The van der Waals surface area contributed by atoms with Gasteiger partial charge >= 0.3 is 5.97 Å². The first kappa shape index (κ1) is 11.2. The maximum absolute atomic E-state index is 11.3. The standard InChI is InChI=1S/C11H18O3/c1-4-9(3)10(12)14-8-11(5-2)6-13-7-11/h3-8H2,1-2H3. The highest BCUT2D eigenvalue weighted by Gasteiger charge is 2.38. The van der Waals surface area contributed by atoms with Crippen molar-refractivity contribution >= 4 is 5.97 Å². The minimum Gasteiger partial charge on any atom is -0.462 e. The average molecular weight is 198 g/mol. The Balaban J connectivity index is 2.32. The second-order valence-electron chi connectivity index (χ2n) is 3.88. The fourth-order valence-corrected chi connectivity index (χ4v) is 1.25. The monoisotopic (exact) mass is 198 g/mol. The van der Waals surface area contributed by atoms with Gasteiger partial charge in [-0.05, 0) is 12.8 Å². The summed E-state index contributed by atoms with van der Waals surface area (Å²) in [5.41, 5.74) is 0.612. The lowest BCUT2D eigenvalue weighted by Gasteiger charge is -2.39. The fraction of sp³-hybridized carbons (Fsp3) is 0.727. The van der Waals surface area contributed by atoms with Crippen molar-refractivity contribution in [3.63, 3.8) is 0 Å². The molecule has 0 aromatic rings. The molecule has 0 amide bonds. The second-order valence-corrected chi connectivity index (χ2v) is 3.88. The Morgan fingerprint density at radius 2 is 2.14 bits per heavy atom. The van der Waals surface area contributed by atoms with Gasteiger partial charge in [-0.2, -0.15) is 0 Å². The van der Waals surface area contributed by atoms with Gasteiger partial charge in [0.1, 0.15) is 6.61 Å². The molecule has 0 bridgehead atoms. The van der Waals surface area contributed by atoms with Crippen LogP contribution in [-0.4, -0.2) is 25.8 Å². The summed E-state index contributed by atoms with van der Waals surface area (Å²) in [5, 5.41) is 0. The van der Waals surface area contributed by atoms with Gasteiger partial charge in [-0.1, -0.05) is 20.4 Å². The van der Waals surface area contributed by atoms with Crippen molar-refractivity contribution in [1.29, 1.82) is 0 Å². The molecule has 0 aromatic carbocycles. The largest absolute Gasteiger partial charge is 0.462 e. The van der Waals surface area contributed by atoms with E-state index in [1.54, 1.807) is 0 Å². The van der Waals surface area contributed by atoms with Gasteiger partial charge in [0, 0.05) is 5.57 Å². The Morgan fingerprint density at radius 1 is 1.50 bits per heavy atom. The Bertz CT molecular complexity index is 223. The normalized spacial score (nSPS) is 18.4. The molecule has 14 heavy (non-hydrogen) atoms. The predicted octanol–water partition coefficient (Wildman–Crippen LogP) is 1.92. The average Bonchev–Trinajstić information content (AvgIpc) is 2.15. The van der Waals surface area contributed by atoms with E-state index in [9.17, 15) is 4.79 Å². The highest BCUT2D eigenvalue weighted by molar-refractivity contribution is 5.87. The van der Waals surface area contributed by atoms with E-state index in [1.165, 1.54) is 0 Å². The molecule has 3 heteroatoms. The van der Waals surface area contributed by atoms with E-state index < -0.39 is 0 Å². The van der Waals surface area contributed by atoms with Crippen molar-refractivity contribution in [2.45, 2.75) is 26.7 Å². The quantitative estimate of drug-likeness (QED) is 0.500. The van der Waals surface area contributed by atoms with E-state index in [0.717, 1.165) is 6.42 Å². The summed E-state index contributed by atoms with van der Waals surface area (Å²) < 4.78 is 10.3. The van der Waals surface area contributed by atoms with E-state index in [0.29, 0.717) is 31.8 Å². The van der Waals surface area contributed by atoms with E-state index in [-0.39, 0.29) is 11.4 Å². The molecule has 0 N–H and O–H groups in total. The van der Waals surface area contributed by atoms with Crippen LogP contribution in [0.4, 0.5) is 0 Å². The molecule has 0 spiro atoms. The Kier molecular flexibility index (Phi) is 3.69. The maximum atomic E-state index is 11.3. The highest BCUT2D eigenvalue weighted by Crippen LogP contribution is 2.31. The molecule has 1 heterocycles. The van der Waals surface area contributed by atoms with Gasteiger partial charge in [-0.3, -0.25) is 0 Å². The summed E-state index contributed by atoms with van der Waals surface area (Å²) in [6, 6.07) is 0. The number of rotatable bonds is 5. The van der Waals surface area contributed by atoms with Crippen LogP contribution in [0.5, 0.6) is 0 Å². The van der Waals surface area contributed by atoms with Crippen LogP contribution in [0.2, 0.25) is 0 Å². The van der Waals surface area contributed by atoms with Crippen LogP contribution in [0.3, 0.4) is 0 Å². The van der Waals surface area contributed by atoms with Gasteiger partial charge < -0.3 is 9.47 Å². The summed E-state index contributed by atoms with van der Waals surface area (Å²) in [4.78, 5) is 11.3. The Morgan fingerprint density at radius 3 is 2.50 bits per heavy atom. The maximum Gasteiger partial charge on any atom is 0.333 e. The van der Waals surface area contributed by atoms with Gasteiger partial charge in [-0.15, -0.1) is 0 Å². The van der Waals surface area contributed by atoms with Crippen LogP contribution in [0, 0.1) is 5.41 Å². The van der Waals surface area contributed by atoms with Crippen molar-refractivity contribution in [2.24, 2.45) is 5.41 Å². The molecule has 80 valence electrons. The zero-order valence-corrected chi connectivity index (χ0v) is 8.97. The molecule has 1 aliphatic rings. The zero-order chi connectivity index (χ0) is 10.6.